The lowest BCUT2D eigenvalue weighted by atomic mass is 9.87. The van der Waals surface area contributed by atoms with Crippen LogP contribution in [0.1, 0.15) is 31.5 Å². The zero-order valence-electron chi connectivity index (χ0n) is 8.99. The van der Waals surface area contributed by atoms with E-state index in [1.165, 1.54) is 0 Å². The van der Waals surface area contributed by atoms with Crippen molar-refractivity contribution in [2.24, 2.45) is 5.41 Å². The highest BCUT2D eigenvalue weighted by atomic mass is 16.5. The van der Waals surface area contributed by atoms with Crippen molar-refractivity contribution >= 4 is 11.9 Å². The molecule has 1 saturated carbocycles. The van der Waals surface area contributed by atoms with Crippen molar-refractivity contribution in [1.29, 1.82) is 5.26 Å². The minimum absolute atomic E-state index is 0.0593. The number of nitrogens with zero attached hydrogens (tertiary/aromatic N) is 3. The molecule has 1 amide bonds. The zero-order valence-corrected chi connectivity index (χ0v) is 8.99. The van der Waals surface area contributed by atoms with Crippen LogP contribution in [0.3, 0.4) is 0 Å². The number of aryl methyl sites for hydroxylation is 1. The van der Waals surface area contributed by atoms with E-state index in [1.807, 2.05) is 0 Å². The molecule has 0 atom stereocenters. The van der Waals surface area contributed by atoms with Crippen molar-refractivity contribution in [3.8, 4) is 6.07 Å². The number of nitriles is 1. The Hall–Kier alpha value is -1.90. The van der Waals surface area contributed by atoms with Crippen molar-refractivity contribution < 1.29 is 9.32 Å². The number of rotatable bonds is 2. The highest BCUT2D eigenvalue weighted by molar-refractivity contribution is 5.95. The number of carbonyl (C=O) groups excluding carboxylic acids is 1. The highest BCUT2D eigenvalue weighted by Crippen LogP contribution is 2.38. The van der Waals surface area contributed by atoms with Crippen LogP contribution in [0.15, 0.2) is 4.52 Å². The van der Waals surface area contributed by atoms with Gasteiger partial charge in [0.25, 0.3) is 0 Å². The van der Waals surface area contributed by atoms with Gasteiger partial charge in [0.1, 0.15) is 5.41 Å². The van der Waals surface area contributed by atoms with Gasteiger partial charge in [0.15, 0.2) is 5.82 Å². The van der Waals surface area contributed by atoms with Gasteiger partial charge in [-0.1, -0.05) is 18.0 Å². The molecule has 1 fully saturated rings. The molecular weight excluding hydrogens is 208 g/mol. The fraction of sp³-hybridized carbons (Fsp3) is 0.600. The normalized spacial score (nSPS) is 18.0. The molecule has 84 valence electrons. The summed E-state index contributed by atoms with van der Waals surface area (Å²) >= 11 is 0. The molecule has 0 unspecified atom stereocenters. The first kappa shape index (κ1) is 10.6. The molecule has 6 heteroatoms. The molecule has 0 aliphatic heterocycles. The Kier molecular flexibility index (Phi) is 2.60. The van der Waals surface area contributed by atoms with Gasteiger partial charge in [0.2, 0.25) is 5.91 Å². The lowest BCUT2D eigenvalue weighted by molar-refractivity contribution is -0.122. The van der Waals surface area contributed by atoms with Gasteiger partial charge in [-0.25, -0.2) is 0 Å². The van der Waals surface area contributed by atoms with Gasteiger partial charge in [-0.2, -0.15) is 10.2 Å². The summed E-state index contributed by atoms with van der Waals surface area (Å²) in [6.45, 7) is 1.66. The largest absolute Gasteiger partial charge is 0.328 e. The van der Waals surface area contributed by atoms with E-state index in [0.717, 1.165) is 12.8 Å². The summed E-state index contributed by atoms with van der Waals surface area (Å²) in [6, 6.07) is 2.16. The third kappa shape index (κ3) is 1.76. The minimum atomic E-state index is -0.914. The molecule has 0 saturated heterocycles. The van der Waals surface area contributed by atoms with Crippen LogP contribution in [0.4, 0.5) is 6.01 Å². The molecular formula is C10H12N4O2. The molecule has 6 nitrogen and oxygen atoms in total. The van der Waals surface area contributed by atoms with Crippen molar-refractivity contribution in [2.75, 3.05) is 5.32 Å². The fourth-order valence-electron chi connectivity index (χ4n) is 1.93. The zero-order chi connectivity index (χ0) is 11.6. The van der Waals surface area contributed by atoms with Crippen LogP contribution in [0.25, 0.3) is 0 Å². The van der Waals surface area contributed by atoms with Crippen LogP contribution in [-0.2, 0) is 4.79 Å². The van der Waals surface area contributed by atoms with E-state index in [2.05, 4.69) is 21.5 Å². The molecule has 16 heavy (non-hydrogen) atoms. The lowest BCUT2D eigenvalue weighted by Crippen LogP contribution is -2.32. The Balaban J connectivity index is 2.11. The topological polar surface area (TPSA) is 91.8 Å². The van der Waals surface area contributed by atoms with E-state index in [9.17, 15) is 4.79 Å². The number of aromatic nitrogens is 2. The summed E-state index contributed by atoms with van der Waals surface area (Å²) in [6.07, 6.45) is 3.01. The smallest absolute Gasteiger partial charge is 0.315 e. The first-order chi connectivity index (χ1) is 7.66. The number of carbonyl (C=O) groups is 1. The number of hydrogen-bond acceptors (Lipinski definition) is 5. The summed E-state index contributed by atoms with van der Waals surface area (Å²) in [5, 5.41) is 15.1. The van der Waals surface area contributed by atoms with Crippen molar-refractivity contribution in [1.82, 2.24) is 10.1 Å². The van der Waals surface area contributed by atoms with Crippen LogP contribution in [-0.4, -0.2) is 16.0 Å². The van der Waals surface area contributed by atoms with Gasteiger partial charge in [-0.15, -0.1) is 0 Å². The lowest BCUT2D eigenvalue weighted by Gasteiger charge is -2.17. The molecule has 1 aliphatic carbocycles. The van der Waals surface area contributed by atoms with Gasteiger partial charge < -0.3 is 4.52 Å². The van der Waals surface area contributed by atoms with Gasteiger partial charge in [0.05, 0.1) is 6.07 Å². The quantitative estimate of drug-likeness (QED) is 0.813. The molecule has 0 aromatic carbocycles. The monoisotopic (exact) mass is 220 g/mol. The second kappa shape index (κ2) is 3.93. The maximum Gasteiger partial charge on any atom is 0.328 e. The number of nitrogens with one attached hydrogen (secondary N) is 1. The fourth-order valence-corrected chi connectivity index (χ4v) is 1.93. The maximum atomic E-state index is 11.9. The van der Waals surface area contributed by atoms with E-state index in [4.69, 9.17) is 9.78 Å². The number of anilines is 1. The van der Waals surface area contributed by atoms with E-state index >= 15 is 0 Å². The first-order valence-corrected chi connectivity index (χ1v) is 5.19. The van der Waals surface area contributed by atoms with E-state index in [1.54, 1.807) is 6.92 Å². The van der Waals surface area contributed by atoms with Crippen LogP contribution in [0, 0.1) is 23.7 Å². The first-order valence-electron chi connectivity index (χ1n) is 5.19. The van der Waals surface area contributed by atoms with E-state index in [0.29, 0.717) is 18.7 Å². The van der Waals surface area contributed by atoms with Crippen molar-refractivity contribution in [3.05, 3.63) is 5.82 Å². The summed E-state index contributed by atoms with van der Waals surface area (Å²) in [7, 11) is 0. The summed E-state index contributed by atoms with van der Waals surface area (Å²) < 4.78 is 4.78. The predicted octanol–water partition coefficient (Wildman–Crippen LogP) is 1.40. The van der Waals surface area contributed by atoms with Gasteiger partial charge >= 0.3 is 6.01 Å². The SMILES string of the molecule is Cc1noc(NC(=O)C2(C#N)CCCC2)n1. The standard InChI is InChI=1S/C10H12N4O2/c1-7-12-9(16-14-7)13-8(15)10(6-11)4-2-3-5-10/h2-5H2,1H3,(H,12,13,14,15). The Morgan fingerprint density at radius 1 is 1.56 bits per heavy atom. The van der Waals surface area contributed by atoms with E-state index < -0.39 is 5.41 Å². The average Bonchev–Trinajstić information content (AvgIpc) is 2.88. The third-order valence-corrected chi connectivity index (χ3v) is 2.85. The van der Waals surface area contributed by atoms with Crippen molar-refractivity contribution in [2.45, 2.75) is 32.6 Å². The van der Waals surface area contributed by atoms with Crippen LogP contribution >= 0.6 is 0 Å². The Bertz CT molecular complexity index is 440. The minimum Gasteiger partial charge on any atom is -0.315 e. The Morgan fingerprint density at radius 3 is 2.75 bits per heavy atom. The number of amides is 1. The second-order valence-electron chi connectivity index (χ2n) is 4.00. The summed E-state index contributed by atoms with van der Waals surface area (Å²) in [5.74, 6) is 0.115. The molecule has 1 aromatic heterocycles. The molecule has 0 spiro atoms. The Labute approximate surface area is 92.6 Å². The molecule has 1 N–H and O–H groups in total. The van der Waals surface area contributed by atoms with Gasteiger partial charge in [-0.05, 0) is 19.8 Å². The van der Waals surface area contributed by atoms with E-state index in [-0.39, 0.29) is 11.9 Å². The number of hydrogen-bond donors (Lipinski definition) is 1. The van der Waals surface area contributed by atoms with Crippen molar-refractivity contribution in [3.63, 3.8) is 0 Å². The second-order valence-corrected chi connectivity index (χ2v) is 4.00. The third-order valence-electron chi connectivity index (χ3n) is 2.85. The van der Waals surface area contributed by atoms with Gasteiger partial charge in [-0.3, -0.25) is 10.1 Å². The molecule has 1 aromatic rings. The van der Waals surface area contributed by atoms with Crippen LogP contribution in [0.5, 0.6) is 0 Å². The molecule has 2 rings (SSSR count). The van der Waals surface area contributed by atoms with Gasteiger partial charge in [0, 0.05) is 0 Å². The maximum absolute atomic E-state index is 11.9. The molecule has 1 aliphatic rings. The summed E-state index contributed by atoms with van der Waals surface area (Å²) in [5.41, 5.74) is -0.914. The Morgan fingerprint density at radius 2 is 2.25 bits per heavy atom. The average molecular weight is 220 g/mol. The molecule has 0 radical (unpaired) electrons. The predicted molar refractivity (Wildman–Crippen MR) is 54.2 cm³/mol. The molecule has 1 heterocycles. The van der Waals surface area contributed by atoms with Crippen LogP contribution in [0.2, 0.25) is 0 Å². The highest BCUT2D eigenvalue weighted by Gasteiger charge is 2.42. The van der Waals surface area contributed by atoms with Crippen LogP contribution < -0.4 is 5.32 Å². The molecule has 0 bridgehead atoms. The summed E-state index contributed by atoms with van der Waals surface area (Å²) in [4.78, 5) is 15.8.